The van der Waals surface area contributed by atoms with Gasteiger partial charge in [-0.3, -0.25) is 0 Å². The van der Waals surface area contributed by atoms with E-state index in [2.05, 4.69) is 25.7 Å². The molecule has 3 nitrogen and oxygen atoms in total. The molecule has 0 saturated heterocycles. The molecule has 0 atom stereocenters. The van der Waals surface area contributed by atoms with Crippen LogP contribution in [0.2, 0.25) is 0 Å². The summed E-state index contributed by atoms with van der Waals surface area (Å²) in [5, 5.41) is 0. The van der Waals surface area contributed by atoms with Gasteiger partial charge in [0, 0.05) is 12.6 Å². The van der Waals surface area contributed by atoms with Gasteiger partial charge in [0.2, 0.25) is 0 Å². The quantitative estimate of drug-likeness (QED) is 0.671. The molecule has 1 rings (SSSR count). The second-order valence-corrected chi connectivity index (χ2v) is 3.27. The van der Waals surface area contributed by atoms with E-state index in [4.69, 9.17) is 5.73 Å². The first-order valence-electron chi connectivity index (χ1n) is 3.64. The molecule has 0 aliphatic carbocycles. The summed E-state index contributed by atoms with van der Waals surface area (Å²) in [6.07, 6.45) is -4.97. The van der Waals surface area contributed by atoms with Crippen LogP contribution in [0.25, 0.3) is 0 Å². The summed E-state index contributed by atoms with van der Waals surface area (Å²) in [7, 11) is 0. The largest absolute Gasteiger partial charge is 0.573 e. The zero-order chi connectivity index (χ0) is 11.6. The van der Waals surface area contributed by atoms with E-state index >= 15 is 0 Å². The smallest absolute Gasteiger partial charge is 0.401 e. The summed E-state index contributed by atoms with van der Waals surface area (Å²) in [5.41, 5.74) is 4.80. The molecule has 84 valence electrons. The highest BCUT2D eigenvalue weighted by Crippen LogP contribution is 2.29. The van der Waals surface area contributed by atoms with Crippen LogP contribution in [0, 0.1) is 5.82 Å². The minimum atomic E-state index is -4.97. The van der Waals surface area contributed by atoms with E-state index in [1.54, 1.807) is 0 Å². The van der Waals surface area contributed by atoms with Crippen molar-refractivity contribution in [2.45, 2.75) is 12.9 Å². The maximum absolute atomic E-state index is 13.1. The molecule has 1 aromatic heterocycles. The zero-order valence-corrected chi connectivity index (χ0v) is 8.69. The number of pyridine rings is 1. The maximum atomic E-state index is 13.1. The van der Waals surface area contributed by atoms with E-state index in [1.165, 1.54) is 0 Å². The monoisotopic (exact) mass is 288 g/mol. The van der Waals surface area contributed by atoms with Gasteiger partial charge in [-0.1, -0.05) is 0 Å². The third-order valence-corrected chi connectivity index (χ3v) is 1.78. The van der Waals surface area contributed by atoms with Crippen LogP contribution in [0.15, 0.2) is 10.7 Å². The Morgan fingerprint density at radius 2 is 2.07 bits per heavy atom. The van der Waals surface area contributed by atoms with Crippen LogP contribution in [-0.2, 0) is 6.54 Å². The molecule has 1 heterocycles. The normalized spacial score (nSPS) is 11.6. The van der Waals surface area contributed by atoms with E-state index in [0.29, 0.717) is 0 Å². The van der Waals surface area contributed by atoms with Gasteiger partial charge in [-0.15, -0.1) is 13.2 Å². The maximum Gasteiger partial charge on any atom is 0.573 e. The second kappa shape index (κ2) is 4.31. The minimum absolute atomic E-state index is 0.0509. The van der Waals surface area contributed by atoms with Crippen molar-refractivity contribution in [3.05, 3.63) is 22.2 Å². The predicted octanol–water partition coefficient (Wildman–Crippen LogP) is 2.34. The van der Waals surface area contributed by atoms with Crippen molar-refractivity contribution in [1.82, 2.24) is 4.98 Å². The Kier molecular flexibility index (Phi) is 3.50. The predicted molar refractivity (Wildman–Crippen MR) is 46.5 cm³/mol. The van der Waals surface area contributed by atoms with Crippen molar-refractivity contribution >= 4 is 15.9 Å². The molecule has 1 aromatic rings. The fourth-order valence-corrected chi connectivity index (χ4v) is 1.30. The first kappa shape index (κ1) is 12.2. The van der Waals surface area contributed by atoms with Gasteiger partial charge in [0.1, 0.15) is 10.3 Å². The third kappa shape index (κ3) is 3.31. The van der Waals surface area contributed by atoms with Crippen molar-refractivity contribution in [3.8, 4) is 5.75 Å². The molecule has 0 bridgehead atoms. The van der Waals surface area contributed by atoms with Crippen LogP contribution in [0.4, 0.5) is 17.6 Å². The first-order chi connectivity index (χ1) is 6.83. The SMILES string of the molecule is NCc1nc(Br)cc(F)c1OC(F)(F)F. The number of ether oxygens (including phenoxy) is 1. The third-order valence-electron chi connectivity index (χ3n) is 1.38. The molecule has 15 heavy (non-hydrogen) atoms. The minimum Gasteiger partial charge on any atom is -0.401 e. The molecule has 2 N–H and O–H groups in total. The van der Waals surface area contributed by atoms with Crippen LogP contribution in [0.5, 0.6) is 5.75 Å². The molecule has 0 aliphatic rings. The van der Waals surface area contributed by atoms with Crippen molar-refractivity contribution in [1.29, 1.82) is 0 Å². The van der Waals surface area contributed by atoms with Gasteiger partial charge in [-0.2, -0.15) is 0 Å². The Morgan fingerprint density at radius 1 is 1.47 bits per heavy atom. The van der Waals surface area contributed by atoms with Crippen LogP contribution < -0.4 is 10.5 Å². The number of hydrogen-bond acceptors (Lipinski definition) is 3. The summed E-state index contributed by atoms with van der Waals surface area (Å²) in [6.45, 7) is -0.359. The lowest BCUT2D eigenvalue weighted by Crippen LogP contribution is -2.20. The highest BCUT2D eigenvalue weighted by molar-refractivity contribution is 9.10. The van der Waals surface area contributed by atoms with E-state index in [1.807, 2.05) is 0 Å². The lowest BCUT2D eigenvalue weighted by molar-refractivity contribution is -0.276. The molecule has 0 aliphatic heterocycles. The number of aromatic nitrogens is 1. The highest BCUT2D eigenvalue weighted by atomic mass is 79.9. The number of halogens is 5. The number of nitrogens with two attached hydrogens (primary N) is 1. The summed E-state index contributed by atoms with van der Waals surface area (Å²) < 4.78 is 52.2. The Morgan fingerprint density at radius 3 is 2.53 bits per heavy atom. The number of nitrogens with zero attached hydrogens (tertiary/aromatic N) is 1. The standard InChI is InChI=1S/C7H5BrF4N2O/c8-5-1-3(9)6(4(2-13)14-5)15-7(10,11)12/h1H,2,13H2. The molecule has 0 saturated carbocycles. The van der Waals surface area contributed by atoms with Gasteiger partial charge in [0.05, 0.1) is 0 Å². The Bertz CT molecular complexity index is 369. The van der Waals surface area contributed by atoms with Gasteiger partial charge in [-0.05, 0) is 15.9 Å². The van der Waals surface area contributed by atoms with Crippen molar-refractivity contribution in [2.24, 2.45) is 5.73 Å². The van der Waals surface area contributed by atoms with Crippen molar-refractivity contribution < 1.29 is 22.3 Å². The number of hydrogen-bond donors (Lipinski definition) is 1. The Hall–Kier alpha value is -0.890. The van der Waals surface area contributed by atoms with E-state index < -0.39 is 17.9 Å². The molecule has 0 amide bonds. The molecule has 0 aromatic carbocycles. The summed E-state index contributed by atoms with van der Waals surface area (Å²) >= 11 is 2.82. The average molecular weight is 289 g/mol. The van der Waals surface area contributed by atoms with Crippen LogP contribution in [0.1, 0.15) is 5.69 Å². The molecule has 0 spiro atoms. The Labute approximate surface area is 90.4 Å². The second-order valence-electron chi connectivity index (χ2n) is 2.45. The fourth-order valence-electron chi connectivity index (χ4n) is 0.882. The Balaban J connectivity index is 3.15. The zero-order valence-electron chi connectivity index (χ0n) is 7.11. The lowest BCUT2D eigenvalue weighted by Gasteiger charge is -2.12. The fraction of sp³-hybridized carbons (Fsp3) is 0.286. The average Bonchev–Trinajstić information content (AvgIpc) is 2.07. The summed E-state index contributed by atoms with van der Waals surface area (Å²) in [4.78, 5) is 3.56. The van der Waals surface area contributed by atoms with Gasteiger partial charge in [-0.25, -0.2) is 9.37 Å². The van der Waals surface area contributed by atoms with Crippen molar-refractivity contribution in [3.63, 3.8) is 0 Å². The topological polar surface area (TPSA) is 48.1 Å². The molecule has 0 radical (unpaired) electrons. The van der Waals surface area contributed by atoms with E-state index in [-0.39, 0.29) is 16.8 Å². The lowest BCUT2D eigenvalue weighted by atomic mass is 10.3. The van der Waals surface area contributed by atoms with Crippen LogP contribution >= 0.6 is 15.9 Å². The van der Waals surface area contributed by atoms with Crippen LogP contribution in [0.3, 0.4) is 0 Å². The van der Waals surface area contributed by atoms with Gasteiger partial charge in [0.15, 0.2) is 11.6 Å². The van der Waals surface area contributed by atoms with Gasteiger partial charge < -0.3 is 10.5 Å². The number of alkyl halides is 3. The van der Waals surface area contributed by atoms with Gasteiger partial charge >= 0.3 is 6.36 Å². The van der Waals surface area contributed by atoms with Crippen molar-refractivity contribution in [2.75, 3.05) is 0 Å². The molecule has 0 unspecified atom stereocenters. The van der Waals surface area contributed by atoms with Crippen LogP contribution in [-0.4, -0.2) is 11.3 Å². The number of rotatable bonds is 2. The molecule has 8 heteroatoms. The molecular weight excluding hydrogens is 284 g/mol. The summed E-state index contributed by atoms with van der Waals surface area (Å²) in [6, 6.07) is 0.764. The molecular formula is C7H5BrF4N2O. The first-order valence-corrected chi connectivity index (χ1v) is 4.43. The van der Waals surface area contributed by atoms with Gasteiger partial charge in [0.25, 0.3) is 0 Å². The summed E-state index contributed by atoms with van der Waals surface area (Å²) in [5.74, 6) is -2.16. The van der Waals surface area contributed by atoms with E-state index in [0.717, 1.165) is 6.07 Å². The molecule has 0 fully saturated rings. The van der Waals surface area contributed by atoms with E-state index in [9.17, 15) is 17.6 Å². The highest BCUT2D eigenvalue weighted by Gasteiger charge is 2.34.